The van der Waals surface area contributed by atoms with E-state index in [1.54, 1.807) is 6.07 Å². The third kappa shape index (κ3) is 3.99. The van der Waals surface area contributed by atoms with Crippen molar-refractivity contribution in [3.05, 3.63) is 89.0 Å². The summed E-state index contributed by atoms with van der Waals surface area (Å²) in [5, 5.41) is 11.0. The Labute approximate surface area is 172 Å². The van der Waals surface area contributed by atoms with Gasteiger partial charge in [-0.05, 0) is 36.4 Å². The van der Waals surface area contributed by atoms with Gasteiger partial charge in [-0.15, -0.1) is 0 Å². The standard InChI is InChI=1S/C20H11F4NO5S/c21-15-13(14(20(27)28)16(22)18(24)17(15)23)19(26)25-10-6-8-12(9-7-10)31(29,30)11-4-2-1-3-5-11/h1-9H,(H,25,26)(H,27,28). The molecule has 0 aromatic heterocycles. The molecule has 3 aromatic carbocycles. The molecule has 0 spiro atoms. The Morgan fingerprint density at radius 1 is 0.710 bits per heavy atom. The third-order valence-electron chi connectivity index (χ3n) is 4.18. The number of aromatic carboxylic acids is 1. The highest BCUT2D eigenvalue weighted by atomic mass is 32.2. The highest BCUT2D eigenvalue weighted by Crippen LogP contribution is 2.26. The van der Waals surface area contributed by atoms with Crippen LogP contribution in [0.5, 0.6) is 0 Å². The van der Waals surface area contributed by atoms with Gasteiger partial charge in [-0.25, -0.2) is 30.8 Å². The zero-order chi connectivity index (χ0) is 22.9. The lowest BCUT2D eigenvalue weighted by Crippen LogP contribution is -2.22. The normalized spacial score (nSPS) is 11.2. The van der Waals surface area contributed by atoms with Gasteiger partial charge in [0.2, 0.25) is 9.84 Å². The van der Waals surface area contributed by atoms with Crippen LogP contribution in [0.25, 0.3) is 0 Å². The fraction of sp³-hybridized carbons (Fsp3) is 0. The van der Waals surface area contributed by atoms with Crippen LogP contribution in [-0.4, -0.2) is 25.4 Å². The summed E-state index contributed by atoms with van der Waals surface area (Å²) in [5.41, 5.74) is -3.38. The van der Waals surface area contributed by atoms with Crippen molar-refractivity contribution in [3.63, 3.8) is 0 Å². The average Bonchev–Trinajstić information content (AvgIpc) is 2.75. The Balaban J connectivity index is 1.95. The number of benzene rings is 3. The fourth-order valence-corrected chi connectivity index (χ4v) is 3.97. The minimum Gasteiger partial charge on any atom is -0.478 e. The van der Waals surface area contributed by atoms with Crippen molar-refractivity contribution in [2.24, 2.45) is 0 Å². The number of nitrogens with one attached hydrogen (secondary N) is 1. The van der Waals surface area contributed by atoms with Crippen molar-refractivity contribution in [2.75, 3.05) is 5.32 Å². The first-order valence-corrected chi connectivity index (χ1v) is 9.84. The average molecular weight is 453 g/mol. The molecule has 0 saturated heterocycles. The number of carbonyl (C=O) groups is 2. The van der Waals surface area contributed by atoms with E-state index in [2.05, 4.69) is 0 Å². The van der Waals surface area contributed by atoms with Crippen molar-refractivity contribution in [1.82, 2.24) is 0 Å². The first-order valence-electron chi connectivity index (χ1n) is 8.36. The largest absolute Gasteiger partial charge is 0.478 e. The van der Waals surface area contributed by atoms with Crippen LogP contribution in [0.15, 0.2) is 64.4 Å². The minimum atomic E-state index is -3.87. The lowest BCUT2D eigenvalue weighted by Gasteiger charge is -2.12. The van der Waals surface area contributed by atoms with E-state index >= 15 is 0 Å². The molecule has 6 nitrogen and oxygen atoms in total. The second-order valence-electron chi connectivity index (χ2n) is 6.11. The highest BCUT2D eigenvalue weighted by molar-refractivity contribution is 7.91. The van der Waals surface area contributed by atoms with Gasteiger partial charge in [-0.2, -0.15) is 0 Å². The van der Waals surface area contributed by atoms with E-state index in [0.717, 1.165) is 24.3 Å². The Hall–Kier alpha value is -3.73. The number of carboxylic acid groups (broad SMARTS) is 1. The van der Waals surface area contributed by atoms with Crippen molar-refractivity contribution in [3.8, 4) is 0 Å². The van der Waals surface area contributed by atoms with Crippen molar-refractivity contribution in [1.29, 1.82) is 0 Å². The van der Waals surface area contributed by atoms with E-state index in [4.69, 9.17) is 5.11 Å². The van der Waals surface area contributed by atoms with Gasteiger partial charge < -0.3 is 10.4 Å². The topological polar surface area (TPSA) is 101 Å². The van der Waals surface area contributed by atoms with Gasteiger partial charge in [0.1, 0.15) is 5.56 Å². The molecule has 0 fully saturated rings. The Morgan fingerprint density at radius 3 is 1.71 bits per heavy atom. The molecule has 0 bridgehead atoms. The van der Waals surface area contributed by atoms with E-state index in [9.17, 15) is 35.6 Å². The molecule has 3 aromatic rings. The van der Waals surface area contributed by atoms with Crippen LogP contribution in [0.4, 0.5) is 23.2 Å². The van der Waals surface area contributed by atoms with Gasteiger partial charge in [0, 0.05) is 5.69 Å². The maximum atomic E-state index is 14.0. The SMILES string of the molecule is O=C(O)c1c(F)c(F)c(F)c(F)c1C(=O)Nc1ccc(S(=O)(=O)c2ccccc2)cc1. The number of hydrogen-bond acceptors (Lipinski definition) is 4. The summed E-state index contributed by atoms with van der Waals surface area (Å²) in [6.07, 6.45) is 0. The van der Waals surface area contributed by atoms with Crippen molar-refractivity contribution >= 4 is 27.4 Å². The fourth-order valence-electron chi connectivity index (χ4n) is 2.69. The quantitative estimate of drug-likeness (QED) is 0.345. The zero-order valence-corrected chi connectivity index (χ0v) is 16.0. The van der Waals surface area contributed by atoms with Crippen LogP contribution in [0.3, 0.4) is 0 Å². The molecule has 1 amide bonds. The summed E-state index contributed by atoms with van der Waals surface area (Å²) in [5.74, 6) is -12.9. The van der Waals surface area contributed by atoms with Crippen LogP contribution in [0.2, 0.25) is 0 Å². The summed E-state index contributed by atoms with van der Waals surface area (Å²) in [6, 6.07) is 11.8. The number of carbonyl (C=O) groups excluding carboxylic acids is 1. The predicted octanol–water partition coefficient (Wildman–Crippen LogP) is 4.03. The predicted molar refractivity (Wildman–Crippen MR) is 99.5 cm³/mol. The highest BCUT2D eigenvalue weighted by Gasteiger charge is 2.32. The molecule has 0 heterocycles. The number of rotatable bonds is 5. The van der Waals surface area contributed by atoms with Crippen molar-refractivity contribution < 1.29 is 40.7 Å². The molecule has 31 heavy (non-hydrogen) atoms. The summed E-state index contributed by atoms with van der Waals surface area (Å²) in [7, 11) is -3.87. The smallest absolute Gasteiger partial charge is 0.339 e. The van der Waals surface area contributed by atoms with E-state index in [-0.39, 0.29) is 15.5 Å². The molecule has 0 unspecified atom stereocenters. The van der Waals surface area contributed by atoms with Crippen LogP contribution in [-0.2, 0) is 9.84 Å². The van der Waals surface area contributed by atoms with Crippen molar-refractivity contribution in [2.45, 2.75) is 9.79 Å². The van der Waals surface area contributed by atoms with E-state index in [1.807, 2.05) is 5.32 Å². The Morgan fingerprint density at radius 2 is 1.19 bits per heavy atom. The van der Waals surface area contributed by atoms with Crippen LogP contribution in [0, 0.1) is 23.3 Å². The molecular weight excluding hydrogens is 442 g/mol. The molecule has 0 aliphatic rings. The second-order valence-corrected chi connectivity index (χ2v) is 8.06. The van der Waals surface area contributed by atoms with Crippen LogP contribution >= 0.6 is 0 Å². The van der Waals surface area contributed by atoms with Crippen LogP contribution in [0.1, 0.15) is 20.7 Å². The molecule has 3 rings (SSSR count). The minimum absolute atomic E-state index is 0.0113. The zero-order valence-electron chi connectivity index (χ0n) is 15.2. The van der Waals surface area contributed by atoms with Gasteiger partial charge in [-0.1, -0.05) is 18.2 Å². The molecule has 0 aliphatic heterocycles. The summed E-state index contributed by atoms with van der Waals surface area (Å²) < 4.78 is 79.8. The summed E-state index contributed by atoms with van der Waals surface area (Å²) in [6.45, 7) is 0. The van der Waals surface area contributed by atoms with E-state index in [0.29, 0.717) is 0 Å². The van der Waals surface area contributed by atoms with E-state index < -0.39 is 56.1 Å². The maximum absolute atomic E-state index is 14.0. The number of anilines is 1. The first-order chi connectivity index (χ1) is 14.6. The molecule has 0 saturated carbocycles. The molecular formula is C20H11F4NO5S. The molecule has 160 valence electrons. The Kier molecular flexibility index (Phi) is 5.80. The summed E-state index contributed by atoms with van der Waals surface area (Å²) in [4.78, 5) is 23.3. The molecule has 2 N–H and O–H groups in total. The van der Waals surface area contributed by atoms with E-state index in [1.165, 1.54) is 24.3 Å². The maximum Gasteiger partial charge on any atom is 0.339 e. The van der Waals surface area contributed by atoms with Gasteiger partial charge in [0.05, 0.1) is 15.4 Å². The lowest BCUT2D eigenvalue weighted by molar-refractivity contribution is 0.0684. The molecule has 0 aliphatic carbocycles. The van der Waals surface area contributed by atoms with Crippen LogP contribution < -0.4 is 5.32 Å². The number of amides is 1. The first kappa shape index (κ1) is 22.0. The number of hydrogen-bond donors (Lipinski definition) is 2. The number of halogens is 4. The second kappa shape index (κ2) is 8.19. The molecule has 0 atom stereocenters. The third-order valence-corrected chi connectivity index (χ3v) is 5.97. The van der Waals surface area contributed by atoms with Gasteiger partial charge in [0.25, 0.3) is 5.91 Å². The lowest BCUT2D eigenvalue weighted by atomic mass is 10.0. The number of sulfone groups is 1. The number of carboxylic acids is 1. The molecule has 0 radical (unpaired) electrons. The monoisotopic (exact) mass is 453 g/mol. The van der Waals surface area contributed by atoms with Gasteiger partial charge in [-0.3, -0.25) is 4.79 Å². The summed E-state index contributed by atoms with van der Waals surface area (Å²) >= 11 is 0. The van der Waals surface area contributed by atoms with Gasteiger partial charge in [0.15, 0.2) is 23.3 Å². The Bertz CT molecular complexity index is 1290. The van der Waals surface area contributed by atoms with Gasteiger partial charge >= 0.3 is 5.97 Å². The molecule has 11 heteroatoms.